The van der Waals surface area contributed by atoms with E-state index in [9.17, 15) is 13.2 Å². The Morgan fingerprint density at radius 2 is 2.04 bits per heavy atom. The maximum Gasteiger partial charge on any atom is 0.253 e. The van der Waals surface area contributed by atoms with E-state index in [0.717, 1.165) is 19.3 Å². The second-order valence-electron chi connectivity index (χ2n) is 5.97. The molecule has 1 aliphatic carbocycles. The molecule has 4 N–H and O–H groups in total. The van der Waals surface area contributed by atoms with Crippen molar-refractivity contribution in [2.45, 2.75) is 38.6 Å². The van der Waals surface area contributed by atoms with Crippen LogP contribution in [0.4, 0.5) is 5.69 Å². The number of rotatable bonds is 7. The van der Waals surface area contributed by atoms with Crippen molar-refractivity contribution in [3.05, 3.63) is 29.8 Å². The van der Waals surface area contributed by atoms with Crippen LogP contribution in [-0.2, 0) is 10.0 Å². The second-order valence-corrected chi connectivity index (χ2v) is 7.82. The molecule has 2 unspecified atom stereocenters. The highest BCUT2D eigenvalue weighted by atomic mass is 32.2. The van der Waals surface area contributed by atoms with E-state index < -0.39 is 10.0 Å². The van der Waals surface area contributed by atoms with Gasteiger partial charge >= 0.3 is 0 Å². The van der Waals surface area contributed by atoms with Crippen molar-refractivity contribution in [1.29, 1.82) is 0 Å². The van der Waals surface area contributed by atoms with Crippen LogP contribution < -0.4 is 15.8 Å². The lowest BCUT2D eigenvalue weighted by atomic mass is 10.0. The van der Waals surface area contributed by atoms with Gasteiger partial charge in [-0.15, -0.1) is 0 Å². The normalized spacial score (nSPS) is 21.1. The molecule has 23 heavy (non-hydrogen) atoms. The summed E-state index contributed by atoms with van der Waals surface area (Å²) in [5.41, 5.74) is 6.40. The molecule has 7 heteroatoms. The number of hydrogen-bond donors (Lipinski definition) is 3. The number of sulfonamides is 1. The van der Waals surface area contributed by atoms with Crippen molar-refractivity contribution in [3.8, 4) is 0 Å². The van der Waals surface area contributed by atoms with E-state index in [4.69, 9.17) is 5.73 Å². The van der Waals surface area contributed by atoms with Gasteiger partial charge in [-0.3, -0.25) is 9.52 Å². The summed E-state index contributed by atoms with van der Waals surface area (Å²) in [5.74, 6) is 0.0638. The van der Waals surface area contributed by atoms with Crippen LogP contribution in [0.3, 0.4) is 0 Å². The summed E-state index contributed by atoms with van der Waals surface area (Å²) in [6, 6.07) is 6.73. The topological polar surface area (TPSA) is 101 Å². The molecule has 0 heterocycles. The van der Waals surface area contributed by atoms with Crippen LogP contribution in [0.25, 0.3) is 0 Å². The molecule has 0 aromatic heterocycles. The van der Waals surface area contributed by atoms with E-state index in [1.807, 2.05) is 0 Å². The minimum absolute atomic E-state index is 0.0286. The molecule has 6 nitrogen and oxygen atoms in total. The third-order valence-electron chi connectivity index (χ3n) is 4.19. The number of nitrogens with two attached hydrogens (primary N) is 1. The largest absolute Gasteiger partial charge is 0.349 e. The number of hydrogen-bond acceptors (Lipinski definition) is 4. The molecule has 1 fully saturated rings. The minimum atomic E-state index is -3.43. The van der Waals surface area contributed by atoms with Gasteiger partial charge in [-0.2, -0.15) is 0 Å². The van der Waals surface area contributed by atoms with E-state index in [2.05, 4.69) is 10.0 Å². The smallest absolute Gasteiger partial charge is 0.253 e. The lowest BCUT2D eigenvalue weighted by Crippen LogP contribution is -2.40. The molecule has 128 valence electrons. The first-order valence-corrected chi connectivity index (χ1v) is 9.72. The van der Waals surface area contributed by atoms with E-state index in [1.54, 1.807) is 31.2 Å². The monoisotopic (exact) mass is 339 g/mol. The molecule has 0 saturated heterocycles. The van der Waals surface area contributed by atoms with E-state index in [-0.39, 0.29) is 17.7 Å². The zero-order valence-electron chi connectivity index (χ0n) is 13.4. The van der Waals surface area contributed by atoms with Gasteiger partial charge < -0.3 is 11.1 Å². The lowest BCUT2D eigenvalue weighted by Gasteiger charge is -2.20. The molecule has 2 atom stereocenters. The average Bonchev–Trinajstić information content (AvgIpc) is 2.94. The fraction of sp³-hybridized carbons (Fsp3) is 0.562. The number of carbonyl (C=O) groups excluding carboxylic acids is 1. The third-order valence-corrected chi connectivity index (χ3v) is 5.66. The summed E-state index contributed by atoms with van der Waals surface area (Å²) in [6.45, 7) is 2.35. The zero-order valence-corrected chi connectivity index (χ0v) is 14.2. The van der Waals surface area contributed by atoms with Crippen molar-refractivity contribution in [1.82, 2.24) is 5.32 Å². The Morgan fingerprint density at radius 1 is 1.30 bits per heavy atom. The van der Waals surface area contributed by atoms with Crippen molar-refractivity contribution in [2.24, 2.45) is 11.7 Å². The Labute approximate surface area is 137 Å². The molecule has 0 aliphatic heterocycles. The quantitative estimate of drug-likeness (QED) is 0.703. The van der Waals surface area contributed by atoms with Crippen molar-refractivity contribution in [2.75, 3.05) is 17.0 Å². The molecule has 0 bridgehead atoms. The first-order chi connectivity index (χ1) is 11.0. The number of anilines is 1. The molecule has 1 aliphatic rings. The van der Waals surface area contributed by atoms with Crippen LogP contribution in [0, 0.1) is 5.92 Å². The van der Waals surface area contributed by atoms with Gasteiger partial charge in [-0.05, 0) is 43.9 Å². The maximum atomic E-state index is 12.5. The van der Waals surface area contributed by atoms with Crippen LogP contribution in [0.1, 0.15) is 43.0 Å². The van der Waals surface area contributed by atoms with Crippen LogP contribution in [0.5, 0.6) is 0 Å². The average molecular weight is 339 g/mol. The number of para-hydroxylation sites is 1. The lowest BCUT2D eigenvalue weighted by molar-refractivity contribution is 0.0929. The molecular formula is C16H25N3O3S. The van der Waals surface area contributed by atoms with Gasteiger partial charge in [0.15, 0.2) is 0 Å². The van der Waals surface area contributed by atoms with Crippen molar-refractivity contribution in [3.63, 3.8) is 0 Å². The number of nitrogens with one attached hydrogen (secondary N) is 2. The molecular weight excluding hydrogens is 314 g/mol. The van der Waals surface area contributed by atoms with Crippen LogP contribution >= 0.6 is 0 Å². The fourth-order valence-corrected chi connectivity index (χ4v) is 4.17. The molecule has 0 spiro atoms. The summed E-state index contributed by atoms with van der Waals surface area (Å²) in [4.78, 5) is 12.5. The Kier molecular flexibility index (Phi) is 6.01. The van der Waals surface area contributed by atoms with Gasteiger partial charge in [0.25, 0.3) is 5.91 Å². The zero-order chi connectivity index (χ0) is 16.9. The van der Waals surface area contributed by atoms with Gasteiger partial charge in [-0.1, -0.05) is 25.5 Å². The maximum absolute atomic E-state index is 12.5. The molecule has 2 rings (SSSR count). The van der Waals surface area contributed by atoms with Crippen molar-refractivity contribution < 1.29 is 13.2 Å². The Bertz CT molecular complexity index is 646. The molecule has 1 saturated carbocycles. The van der Waals surface area contributed by atoms with E-state index >= 15 is 0 Å². The van der Waals surface area contributed by atoms with Crippen LogP contribution in [0.15, 0.2) is 24.3 Å². The first kappa shape index (κ1) is 17.7. The van der Waals surface area contributed by atoms with E-state index in [0.29, 0.717) is 30.1 Å². The number of carbonyl (C=O) groups is 1. The Balaban J connectivity index is 2.14. The first-order valence-electron chi connectivity index (χ1n) is 8.07. The highest BCUT2D eigenvalue weighted by molar-refractivity contribution is 7.92. The molecule has 1 aromatic carbocycles. The number of amides is 1. The molecule has 1 aromatic rings. The van der Waals surface area contributed by atoms with Gasteiger partial charge in [0, 0.05) is 6.04 Å². The SMILES string of the molecule is CCCS(=O)(=O)Nc1ccccc1C(=O)NC1CCCC1CN. The van der Waals surface area contributed by atoms with Crippen LogP contribution in [-0.4, -0.2) is 32.7 Å². The highest BCUT2D eigenvalue weighted by Gasteiger charge is 2.28. The standard InChI is InChI=1S/C16H25N3O3S/c1-2-10-23(21,22)19-15-8-4-3-7-13(15)16(20)18-14-9-5-6-12(14)11-17/h3-4,7-8,12,14,19H,2,5-6,9-11,17H2,1H3,(H,18,20). The Hall–Kier alpha value is -1.60. The summed E-state index contributed by atoms with van der Waals surface area (Å²) in [5, 5.41) is 3.00. The second kappa shape index (κ2) is 7.79. The predicted octanol–water partition coefficient (Wildman–Crippen LogP) is 1.70. The van der Waals surface area contributed by atoms with Crippen LogP contribution in [0.2, 0.25) is 0 Å². The summed E-state index contributed by atoms with van der Waals surface area (Å²) < 4.78 is 26.4. The van der Waals surface area contributed by atoms with E-state index in [1.165, 1.54) is 0 Å². The summed E-state index contributed by atoms with van der Waals surface area (Å²) in [7, 11) is -3.43. The van der Waals surface area contributed by atoms with Gasteiger partial charge in [0.2, 0.25) is 10.0 Å². The Morgan fingerprint density at radius 3 is 2.74 bits per heavy atom. The van der Waals surface area contributed by atoms with Gasteiger partial charge in [0.1, 0.15) is 0 Å². The van der Waals surface area contributed by atoms with Gasteiger partial charge in [0.05, 0.1) is 17.0 Å². The fourth-order valence-electron chi connectivity index (χ4n) is 3.01. The number of benzene rings is 1. The molecule has 0 radical (unpaired) electrons. The predicted molar refractivity (Wildman–Crippen MR) is 91.8 cm³/mol. The third kappa shape index (κ3) is 4.68. The van der Waals surface area contributed by atoms with Gasteiger partial charge in [-0.25, -0.2) is 8.42 Å². The minimum Gasteiger partial charge on any atom is -0.349 e. The summed E-state index contributed by atoms with van der Waals surface area (Å²) >= 11 is 0. The summed E-state index contributed by atoms with van der Waals surface area (Å²) in [6.07, 6.45) is 3.51. The van der Waals surface area contributed by atoms with Crippen molar-refractivity contribution >= 4 is 21.6 Å². The molecule has 1 amide bonds. The highest BCUT2D eigenvalue weighted by Crippen LogP contribution is 2.25.